The molecule has 0 unspecified atom stereocenters. The number of nitrogens with one attached hydrogen (secondary N) is 1. The Morgan fingerprint density at radius 1 is 1.04 bits per heavy atom. The van der Waals surface area contributed by atoms with Crippen molar-refractivity contribution >= 4 is 17.6 Å². The number of rotatable bonds is 5. The Morgan fingerprint density at radius 2 is 1.69 bits per heavy atom. The number of Topliss-reactive ketones (excluding diaryl/α,β-unsaturated/α-hetero) is 1. The number of carbonyl (C=O) groups excluding carboxylic acids is 2. The number of carbonyl (C=O) groups is 2. The van der Waals surface area contributed by atoms with Crippen molar-refractivity contribution in [2.75, 3.05) is 12.4 Å². The van der Waals surface area contributed by atoms with E-state index >= 15 is 0 Å². The molecular formula is C21H25NO4. The monoisotopic (exact) mass is 355 g/mol. The lowest BCUT2D eigenvalue weighted by atomic mass is 10.0. The van der Waals surface area contributed by atoms with Crippen LogP contribution in [0, 0.1) is 6.92 Å². The van der Waals surface area contributed by atoms with E-state index in [1.807, 2.05) is 31.2 Å². The summed E-state index contributed by atoms with van der Waals surface area (Å²) in [4.78, 5) is 24.7. The van der Waals surface area contributed by atoms with Gasteiger partial charge in [-0.05, 0) is 39.3 Å². The molecule has 0 atom stereocenters. The van der Waals surface area contributed by atoms with E-state index < -0.39 is 11.7 Å². The molecule has 0 aliphatic heterocycles. The van der Waals surface area contributed by atoms with E-state index in [1.54, 1.807) is 46.1 Å². The average molecular weight is 355 g/mol. The van der Waals surface area contributed by atoms with E-state index in [-0.39, 0.29) is 12.2 Å². The number of amides is 1. The second-order valence-electron chi connectivity index (χ2n) is 7.12. The molecule has 0 radical (unpaired) electrons. The predicted octanol–water partition coefficient (Wildman–Crippen LogP) is 4.78. The SMILES string of the molecule is COc1ccc(CC(=O)c2ccc(C)cc2)c(NC(=O)OC(C)(C)C)c1. The van der Waals surface area contributed by atoms with Crippen molar-refractivity contribution < 1.29 is 19.1 Å². The van der Waals surface area contributed by atoms with Crippen LogP contribution in [-0.4, -0.2) is 24.6 Å². The highest BCUT2D eigenvalue weighted by Gasteiger charge is 2.18. The smallest absolute Gasteiger partial charge is 0.412 e. The zero-order chi connectivity index (χ0) is 19.3. The van der Waals surface area contributed by atoms with Crippen LogP contribution in [0.4, 0.5) is 10.5 Å². The zero-order valence-corrected chi connectivity index (χ0v) is 15.9. The minimum absolute atomic E-state index is 0.0256. The first kappa shape index (κ1) is 19.5. The Kier molecular flexibility index (Phi) is 6.03. The van der Waals surface area contributed by atoms with Crippen LogP contribution in [0.1, 0.15) is 42.3 Å². The number of hydrogen-bond acceptors (Lipinski definition) is 4. The van der Waals surface area contributed by atoms with Gasteiger partial charge in [-0.1, -0.05) is 35.9 Å². The molecule has 0 fully saturated rings. The topological polar surface area (TPSA) is 64.6 Å². The van der Waals surface area contributed by atoms with Crippen LogP contribution in [0.15, 0.2) is 42.5 Å². The maximum absolute atomic E-state index is 12.6. The highest BCUT2D eigenvalue weighted by atomic mass is 16.6. The summed E-state index contributed by atoms with van der Waals surface area (Å²) in [6.45, 7) is 7.35. The lowest BCUT2D eigenvalue weighted by molar-refractivity contribution is 0.0635. The number of aryl methyl sites for hydroxylation is 1. The van der Waals surface area contributed by atoms with Gasteiger partial charge < -0.3 is 9.47 Å². The van der Waals surface area contributed by atoms with E-state index in [1.165, 1.54) is 0 Å². The normalized spacial score (nSPS) is 11.0. The fourth-order valence-electron chi connectivity index (χ4n) is 2.38. The number of hydrogen-bond donors (Lipinski definition) is 1. The molecule has 0 saturated carbocycles. The van der Waals surface area contributed by atoms with Gasteiger partial charge in [0.2, 0.25) is 0 Å². The minimum atomic E-state index is -0.610. The molecule has 5 nitrogen and oxygen atoms in total. The van der Waals surface area contributed by atoms with Gasteiger partial charge in [0.25, 0.3) is 0 Å². The molecule has 0 aliphatic carbocycles. The van der Waals surface area contributed by atoms with E-state index in [9.17, 15) is 9.59 Å². The van der Waals surface area contributed by atoms with Crippen LogP contribution in [0.3, 0.4) is 0 Å². The first-order valence-corrected chi connectivity index (χ1v) is 8.45. The van der Waals surface area contributed by atoms with Crippen molar-refractivity contribution in [3.8, 4) is 5.75 Å². The van der Waals surface area contributed by atoms with Crippen molar-refractivity contribution in [2.45, 2.75) is 39.7 Å². The molecule has 0 aromatic heterocycles. The molecule has 0 saturated heterocycles. The van der Waals surface area contributed by atoms with Gasteiger partial charge in [-0.15, -0.1) is 0 Å². The molecule has 0 bridgehead atoms. The van der Waals surface area contributed by atoms with Gasteiger partial charge >= 0.3 is 6.09 Å². The summed E-state index contributed by atoms with van der Waals surface area (Å²) >= 11 is 0. The van der Waals surface area contributed by atoms with E-state index in [2.05, 4.69) is 5.32 Å². The van der Waals surface area contributed by atoms with Gasteiger partial charge in [0.1, 0.15) is 11.4 Å². The summed E-state index contributed by atoms with van der Waals surface area (Å²) in [5.41, 5.74) is 2.31. The van der Waals surface area contributed by atoms with Crippen molar-refractivity contribution in [1.29, 1.82) is 0 Å². The molecule has 1 N–H and O–H groups in total. The maximum Gasteiger partial charge on any atom is 0.412 e. The van der Waals surface area contributed by atoms with Crippen LogP contribution in [0.2, 0.25) is 0 Å². The van der Waals surface area contributed by atoms with Crippen molar-refractivity contribution in [1.82, 2.24) is 0 Å². The second kappa shape index (κ2) is 8.04. The van der Waals surface area contributed by atoms with Gasteiger partial charge in [-0.3, -0.25) is 10.1 Å². The van der Waals surface area contributed by atoms with Crippen LogP contribution in [0.25, 0.3) is 0 Å². The van der Waals surface area contributed by atoms with Gasteiger partial charge in [-0.2, -0.15) is 0 Å². The Morgan fingerprint density at radius 3 is 2.27 bits per heavy atom. The molecule has 138 valence electrons. The Hall–Kier alpha value is -2.82. The quantitative estimate of drug-likeness (QED) is 0.784. The van der Waals surface area contributed by atoms with Gasteiger partial charge in [-0.25, -0.2) is 4.79 Å². The highest BCUT2D eigenvalue weighted by Crippen LogP contribution is 2.25. The molecule has 5 heteroatoms. The van der Waals surface area contributed by atoms with E-state index in [4.69, 9.17) is 9.47 Å². The van der Waals surface area contributed by atoms with Crippen molar-refractivity contribution in [2.24, 2.45) is 0 Å². The first-order valence-electron chi connectivity index (χ1n) is 8.45. The molecule has 0 aliphatic rings. The third-order valence-electron chi connectivity index (χ3n) is 3.68. The fraction of sp³-hybridized carbons (Fsp3) is 0.333. The average Bonchev–Trinajstić information content (AvgIpc) is 2.55. The molecule has 2 aromatic carbocycles. The van der Waals surface area contributed by atoms with Gasteiger partial charge in [0.15, 0.2) is 5.78 Å². The predicted molar refractivity (Wildman–Crippen MR) is 102 cm³/mol. The molecule has 2 aromatic rings. The number of methoxy groups -OCH3 is 1. The zero-order valence-electron chi connectivity index (χ0n) is 15.9. The van der Waals surface area contributed by atoms with Crippen LogP contribution in [-0.2, 0) is 11.2 Å². The fourth-order valence-corrected chi connectivity index (χ4v) is 2.38. The first-order chi connectivity index (χ1) is 12.2. The molecular weight excluding hydrogens is 330 g/mol. The standard InChI is InChI=1S/C21H25NO4/c1-14-6-8-15(9-7-14)19(23)12-16-10-11-17(25-5)13-18(16)22-20(24)26-21(2,3)4/h6-11,13H,12H2,1-5H3,(H,22,24). The summed E-state index contributed by atoms with van der Waals surface area (Å²) in [5.74, 6) is 0.560. The largest absolute Gasteiger partial charge is 0.497 e. The third kappa shape index (κ3) is 5.62. The van der Waals surface area contributed by atoms with Gasteiger partial charge in [0, 0.05) is 18.1 Å². The number of benzene rings is 2. The molecule has 0 heterocycles. The number of ketones is 1. The Balaban J connectivity index is 2.23. The van der Waals surface area contributed by atoms with Crippen LogP contribution < -0.4 is 10.1 Å². The molecule has 26 heavy (non-hydrogen) atoms. The molecule has 1 amide bonds. The summed E-state index contributed by atoms with van der Waals surface area (Å²) < 4.78 is 10.5. The number of anilines is 1. The highest BCUT2D eigenvalue weighted by molar-refractivity contribution is 5.99. The Bertz CT molecular complexity index is 789. The summed E-state index contributed by atoms with van der Waals surface area (Å²) in [5, 5.41) is 2.71. The third-order valence-corrected chi connectivity index (χ3v) is 3.68. The Labute approximate surface area is 154 Å². The summed E-state index contributed by atoms with van der Waals surface area (Å²) in [7, 11) is 1.55. The molecule has 0 spiro atoms. The van der Waals surface area contributed by atoms with Crippen LogP contribution in [0.5, 0.6) is 5.75 Å². The van der Waals surface area contributed by atoms with Crippen molar-refractivity contribution in [3.63, 3.8) is 0 Å². The lowest BCUT2D eigenvalue weighted by Gasteiger charge is -2.20. The van der Waals surface area contributed by atoms with E-state index in [0.717, 1.165) is 5.56 Å². The molecule has 2 rings (SSSR count). The number of ether oxygens (including phenoxy) is 2. The summed E-state index contributed by atoms with van der Waals surface area (Å²) in [6, 6.07) is 12.6. The minimum Gasteiger partial charge on any atom is -0.497 e. The van der Waals surface area contributed by atoms with Crippen LogP contribution >= 0.6 is 0 Å². The maximum atomic E-state index is 12.6. The van der Waals surface area contributed by atoms with Crippen molar-refractivity contribution in [3.05, 3.63) is 59.2 Å². The second-order valence-corrected chi connectivity index (χ2v) is 7.12. The van der Waals surface area contributed by atoms with Gasteiger partial charge in [0.05, 0.1) is 12.8 Å². The lowest BCUT2D eigenvalue weighted by Crippen LogP contribution is -2.27. The van der Waals surface area contributed by atoms with E-state index in [0.29, 0.717) is 22.6 Å². The summed E-state index contributed by atoms with van der Waals surface area (Å²) in [6.07, 6.45) is -0.409.